The van der Waals surface area contributed by atoms with Crippen LogP contribution in [-0.4, -0.2) is 40.1 Å². The molecule has 30 heavy (non-hydrogen) atoms. The van der Waals surface area contributed by atoms with Crippen molar-refractivity contribution in [2.24, 2.45) is 11.8 Å². The van der Waals surface area contributed by atoms with Crippen molar-refractivity contribution in [3.63, 3.8) is 0 Å². The highest BCUT2D eigenvalue weighted by Gasteiger charge is 2.44. The minimum absolute atomic E-state index is 0.201. The van der Waals surface area contributed by atoms with Crippen LogP contribution in [0.25, 0.3) is 0 Å². The van der Waals surface area contributed by atoms with Gasteiger partial charge in [-0.2, -0.15) is 0 Å². The van der Waals surface area contributed by atoms with Crippen molar-refractivity contribution in [3.05, 3.63) is 29.8 Å². The molecule has 0 amide bonds. The number of hydrogen-bond acceptors (Lipinski definition) is 3. The number of hydrogen-bond donors (Lipinski definition) is 2. The number of anilines is 1. The number of aliphatic carboxylic acids is 1. The third kappa shape index (κ3) is 4.39. The number of nitrogens with zero attached hydrogens (tertiary/aromatic N) is 1. The Kier molecular flexibility index (Phi) is 6.04. The molecule has 2 unspecified atom stereocenters. The number of nitrogens with one attached hydrogen (secondary N) is 1. The summed E-state index contributed by atoms with van der Waals surface area (Å²) in [5, 5.41) is 12.9. The molecule has 4 heteroatoms. The molecule has 2 saturated carbocycles. The molecule has 2 aliphatic carbocycles. The van der Waals surface area contributed by atoms with Gasteiger partial charge in [0.05, 0.1) is 0 Å². The Morgan fingerprint density at radius 2 is 1.57 bits per heavy atom. The highest BCUT2D eigenvalue weighted by molar-refractivity contribution is 5.67. The Morgan fingerprint density at radius 1 is 0.900 bits per heavy atom. The monoisotopic (exact) mass is 410 g/mol. The molecule has 164 valence electrons. The second kappa shape index (κ2) is 8.90. The van der Waals surface area contributed by atoms with Crippen molar-refractivity contribution in [3.8, 4) is 0 Å². The predicted molar refractivity (Wildman–Crippen MR) is 121 cm³/mol. The van der Waals surface area contributed by atoms with Gasteiger partial charge in [-0.15, -0.1) is 0 Å². The maximum Gasteiger partial charge on any atom is 0.303 e. The van der Waals surface area contributed by atoms with Crippen molar-refractivity contribution < 1.29 is 9.90 Å². The largest absolute Gasteiger partial charge is 0.481 e. The fraction of sp³-hybridized carbons (Fsp3) is 0.731. The standard InChI is InChI=1S/C26H38N2O2/c29-26(30)12-11-20-7-1-2-10-25(20)27-21-16-22-8-4-9-23(17-21)28(22)24-14-18-5-3-6-19(13-18)15-24/h1-2,7,10,18-19,21-24,27H,3-6,8-9,11-17H2,(H,29,30)/t18-,19+,21?,22-,23+,24?. The van der Waals surface area contributed by atoms with Crippen molar-refractivity contribution in [1.82, 2.24) is 4.90 Å². The highest BCUT2D eigenvalue weighted by Crippen LogP contribution is 2.46. The Morgan fingerprint density at radius 3 is 2.27 bits per heavy atom. The van der Waals surface area contributed by atoms with Gasteiger partial charge in [-0.3, -0.25) is 9.69 Å². The number of carbonyl (C=O) groups is 1. The molecular weight excluding hydrogens is 372 g/mol. The summed E-state index contributed by atoms with van der Waals surface area (Å²) in [5.41, 5.74) is 2.30. The zero-order chi connectivity index (χ0) is 20.5. The number of carboxylic acid groups (broad SMARTS) is 1. The quantitative estimate of drug-likeness (QED) is 0.653. The Hall–Kier alpha value is -1.55. The molecule has 2 saturated heterocycles. The minimum Gasteiger partial charge on any atom is -0.481 e. The smallest absolute Gasteiger partial charge is 0.303 e. The van der Waals surface area contributed by atoms with Crippen LogP contribution in [0.2, 0.25) is 0 Å². The zero-order valence-corrected chi connectivity index (χ0v) is 18.3. The van der Waals surface area contributed by atoms with Gasteiger partial charge in [0.25, 0.3) is 0 Å². The van der Waals surface area contributed by atoms with Crippen LogP contribution in [-0.2, 0) is 11.2 Å². The number of fused-ring (bicyclic) bond motifs is 4. The SMILES string of the molecule is O=C(O)CCc1ccccc1NC1C[C@H]2CCC[C@@H](C1)N2C1C[C@H]2CCC[C@@H](C1)C2. The highest BCUT2D eigenvalue weighted by atomic mass is 16.4. The van der Waals surface area contributed by atoms with Crippen LogP contribution in [0.1, 0.15) is 82.6 Å². The molecule has 4 fully saturated rings. The van der Waals surface area contributed by atoms with Gasteiger partial charge in [-0.25, -0.2) is 0 Å². The number of para-hydroxylation sites is 1. The maximum absolute atomic E-state index is 11.0. The zero-order valence-electron chi connectivity index (χ0n) is 18.3. The maximum atomic E-state index is 11.0. The lowest BCUT2D eigenvalue weighted by Gasteiger charge is -2.55. The fourth-order valence-electron chi connectivity index (χ4n) is 7.41. The van der Waals surface area contributed by atoms with E-state index in [2.05, 4.69) is 28.4 Å². The molecule has 1 aromatic carbocycles. The second-order valence-corrected chi connectivity index (χ2v) is 10.6. The third-order valence-electron chi connectivity index (χ3n) is 8.54. The number of aryl methyl sites for hydroxylation is 1. The van der Waals surface area contributed by atoms with E-state index in [1.807, 2.05) is 6.07 Å². The summed E-state index contributed by atoms with van der Waals surface area (Å²) in [6.07, 6.45) is 16.3. The first-order valence-corrected chi connectivity index (χ1v) is 12.5. The molecule has 6 atom stereocenters. The van der Waals surface area contributed by atoms with Gasteiger partial charge in [0, 0.05) is 36.3 Å². The lowest BCUT2D eigenvalue weighted by Crippen LogP contribution is -2.60. The predicted octanol–water partition coefficient (Wildman–Crippen LogP) is 5.47. The van der Waals surface area contributed by atoms with E-state index in [-0.39, 0.29) is 6.42 Å². The van der Waals surface area contributed by atoms with Gasteiger partial charge in [0.2, 0.25) is 0 Å². The number of benzene rings is 1. The summed E-state index contributed by atoms with van der Waals surface area (Å²) in [5.74, 6) is 1.28. The van der Waals surface area contributed by atoms with Crippen LogP contribution in [0.5, 0.6) is 0 Å². The van der Waals surface area contributed by atoms with E-state index in [1.54, 1.807) is 0 Å². The van der Waals surface area contributed by atoms with E-state index in [1.165, 1.54) is 70.6 Å². The van der Waals surface area contributed by atoms with Crippen molar-refractivity contribution >= 4 is 11.7 Å². The van der Waals surface area contributed by atoms with Gasteiger partial charge >= 0.3 is 5.97 Å². The fourth-order valence-corrected chi connectivity index (χ4v) is 7.41. The van der Waals surface area contributed by atoms with E-state index in [0.29, 0.717) is 12.5 Å². The Balaban J connectivity index is 1.26. The first-order valence-electron chi connectivity index (χ1n) is 12.5. The summed E-state index contributed by atoms with van der Waals surface area (Å²) in [4.78, 5) is 14.0. The number of carboxylic acids is 1. The van der Waals surface area contributed by atoms with Crippen molar-refractivity contribution in [2.75, 3.05) is 5.32 Å². The Labute approximate surface area is 181 Å². The van der Waals surface area contributed by atoms with E-state index in [4.69, 9.17) is 5.11 Å². The van der Waals surface area contributed by atoms with Crippen LogP contribution in [0.15, 0.2) is 24.3 Å². The summed E-state index contributed by atoms with van der Waals surface area (Å²) in [6.45, 7) is 0. The molecule has 1 aromatic rings. The van der Waals surface area contributed by atoms with E-state index >= 15 is 0 Å². The normalized spacial score (nSPS) is 36.3. The van der Waals surface area contributed by atoms with Crippen LogP contribution in [0, 0.1) is 11.8 Å². The molecule has 0 spiro atoms. The van der Waals surface area contributed by atoms with Crippen LogP contribution in [0.4, 0.5) is 5.69 Å². The molecular formula is C26H38N2O2. The van der Waals surface area contributed by atoms with Gasteiger partial charge in [-0.05, 0) is 74.8 Å². The van der Waals surface area contributed by atoms with Crippen molar-refractivity contribution in [1.29, 1.82) is 0 Å². The molecule has 0 aromatic heterocycles. The molecule has 0 radical (unpaired) electrons. The average Bonchev–Trinajstić information content (AvgIpc) is 2.72. The van der Waals surface area contributed by atoms with Crippen LogP contribution >= 0.6 is 0 Å². The van der Waals surface area contributed by atoms with Gasteiger partial charge < -0.3 is 10.4 Å². The summed E-state index contributed by atoms with van der Waals surface area (Å²) >= 11 is 0. The molecule has 5 rings (SSSR count). The first kappa shape index (κ1) is 20.4. The molecule has 4 aliphatic rings. The molecule has 2 N–H and O–H groups in total. The van der Waals surface area contributed by atoms with Crippen molar-refractivity contribution in [2.45, 2.75) is 108 Å². The molecule has 2 heterocycles. The lowest BCUT2D eigenvalue weighted by atomic mass is 9.68. The van der Waals surface area contributed by atoms with Gasteiger partial charge in [-0.1, -0.05) is 43.9 Å². The average molecular weight is 411 g/mol. The number of piperidine rings is 2. The molecule has 4 nitrogen and oxygen atoms in total. The van der Waals surface area contributed by atoms with E-state index < -0.39 is 5.97 Å². The summed E-state index contributed by atoms with van der Waals surface area (Å²) < 4.78 is 0. The van der Waals surface area contributed by atoms with Crippen LogP contribution < -0.4 is 5.32 Å². The van der Waals surface area contributed by atoms with Gasteiger partial charge in [0.1, 0.15) is 0 Å². The van der Waals surface area contributed by atoms with E-state index in [9.17, 15) is 4.79 Å². The lowest BCUT2D eigenvalue weighted by molar-refractivity contribution is -0.136. The summed E-state index contributed by atoms with van der Waals surface area (Å²) in [6, 6.07) is 11.2. The van der Waals surface area contributed by atoms with Crippen LogP contribution in [0.3, 0.4) is 0 Å². The van der Waals surface area contributed by atoms with E-state index in [0.717, 1.165) is 41.2 Å². The summed E-state index contributed by atoms with van der Waals surface area (Å²) in [7, 11) is 0. The molecule has 4 bridgehead atoms. The third-order valence-corrected chi connectivity index (χ3v) is 8.54. The first-order chi connectivity index (χ1) is 14.7. The second-order valence-electron chi connectivity index (χ2n) is 10.6. The number of rotatable bonds is 6. The molecule has 2 aliphatic heterocycles. The Bertz CT molecular complexity index is 724. The topological polar surface area (TPSA) is 52.6 Å². The minimum atomic E-state index is -0.718. The van der Waals surface area contributed by atoms with Gasteiger partial charge in [0.15, 0.2) is 0 Å².